The summed E-state index contributed by atoms with van der Waals surface area (Å²) in [5.74, 6) is -0.252. The number of hydrogen-bond acceptors (Lipinski definition) is 1. The summed E-state index contributed by atoms with van der Waals surface area (Å²) in [5.41, 5.74) is 0.761. The highest BCUT2D eigenvalue weighted by Gasteiger charge is 2.31. The van der Waals surface area contributed by atoms with Crippen molar-refractivity contribution >= 4 is 5.91 Å². The van der Waals surface area contributed by atoms with Crippen LogP contribution in [0.15, 0.2) is 30.9 Å². The van der Waals surface area contributed by atoms with E-state index >= 15 is 0 Å². The zero-order chi connectivity index (χ0) is 13.3. The highest BCUT2D eigenvalue weighted by molar-refractivity contribution is 5.87. The number of benzene rings is 1. The Balaban J connectivity index is 2.30. The Labute approximate surface area is 103 Å². The van der Waals surface area contributed by atoms with Gasteiger partial charge >= 0.3 is 6.18 Å². The van der Waals surface area contributed by atoms with E-state index in [2.05, 4.69) is 6.58 Å². The van der Waals surface area contributed by atoms with Gasteiger partial charge in [0.05, 0.1) is 5.56 Å². The van der Waals surface area contributed by atoms with Crippen molar-refractivity contribution in [3.05, 3.63) is 47.5 Å². The number of hydrogen-bond donors (Lipinski definition) is 0. The van der Waals surface area contributed by atoms with Crippen LogP contribution >= 0.6 is 0 Å². The number of halogens is 3. The molecule has 0 aromatic heterocycles. The molecule has 1 aromatic carbocycles. The Morgan fingerprint density at radius 2 is 2.06 bits per heavy atom. The molecule has 18 heavy (non-hydrogen) atoms. The number of carbonyl (C=O) groups excluding carboxylic acids is 1. The van der Waals surface area contributed by atoms with Crippen LogP contribution in [0.5, 0.6) is 0 Å². The summed E-state index contributed by atoms with van der Waals surface area (Å²) < 4.78 is 37.7. The van der Waals surface area contributed by atoms with Gasteiger partial charge in [0.1, 0.15) is 0 Å². The largest absolute Gasteiger partial charge is 0.416 e. The van der Waals surface area contributed by atoms with Crippen molar-refractivity contribution in [2.24, 2.45) is 0 Å². The molecule has 0 aliphatic carbocycles. The van der Waals surface area contributed by atoms with Gasteiger partial charge in [0.2, 0.25) is 5.91 Å². The first-order valence-electron chi connectivity index (χ1n) is 5.52. The zero-order valence-electron chi connectivity index (χ0n) is 9.63. The summed E-state index contributed by atoms with van der Waals surface area (Å²) >= 11 is 0. The van der Waals surface area contributed by atoms with Gasteiger partial charge in [0, 0.05) is 13.1 Å². The molecule has 0 fully saturated rings. The second-order valence-electron chi connectivity index (χ2n) is 4.20. The van der Waals surface area contributed by atoms with E-state index < -0.39 is 11.7 Å². The fourth-order valence-electron chi connectivity index (χ4n) is 2.05. The SMILES string of the molecule is C=CC(=O)N1CCc2ccc(C(F)(F)F)cc2C1. The molecular formula is C13H12F3NO. The molecule has 1 aromatic rings. The van der Waals surface area contributed by atoms with Crippen LogP contribution in [0.2, 0.25) is 0 Å². The highest BCUT2D eigenvalue weighted by atomic mass is 19.4. The molecule has 0 saturated carbocycles. The molecule has 0 unspecified atom stereocenters. The third kappa shape index (κ3) is 2.39. The monoisotopic (exact) mass is 255 g/mol. The summed E-state index contributed by atoms with van der Waals surface area (Å²) in [6.45, 7) is 4.11. The average molecular weight is 255 g/mol. The van der Waals surface area contributed by atoms with E-state index in [1.165, 1.54) is 17.0 Å². The van der Waals surface area contributed by atoms with Gasteiger partial charge in [-0.3, -0.25) is 4.79 Å². The molecule has 5 heteroatoms. The molecule has 1 aliphatic heterocycles. The molecule has 1 amide bonds. The number of amides is 1. The summed E-state index contributed by atoms with van der Waals surface area (Å²) in [7, 11) is 0. The van der Waals surface area contributed by atoms with Crippen LogP contribution in [-0.2, 0) is 23.9 Å². The lowest BCUT2D eigenvalue weighted by Crippen LogP contribution is -2.34. The maximum absolute atomic E-state index is 12.6. The Hall–Kier alpha value is -1.78. The first-order valence-corrected chi connectivity index (χ1v) is 5.52. The zero-order valence-corrected chi connectivity index (χ0v) is 9.63. The lowest BCUT2D eigenvalue weighted by atomic mass is 9.97. The fourth-order valence-corrected chi connectivity index (χ4v) is 2.05. The maximum atomic E-state index is 12.6. The normalized spacial score (nSPS) is 15.2. The van der Waals surface area contributed by atoms with Crippen molar-refractivity contribution in [1.29, 1.82) is 0 Å². The van der Waals surface area contributed by atoms with E-state index in [9.17, 15) is 18.0 Å². The van der Waals surface area contributed by atoms with Gasteiger partial charge in [-0.15, -0.1) is 0 Å². The number of fused-ring (bicyclic) bond motifs is 1. The van der Waals surface area contributed by atoms with Crippen LogP contribution in [0.3, 0.4) is 0 Å². The quantitative estimate of drug-likeness (QED) is 0.707. The summed E-state index contributed by atoms with van der Waals surface area (Å²) in [4.78, 5) is 12.9. The number of rotatable bonds is 1. The molecule has 0 bridgehead atoms. The summed E-state index contributed by atoms with van der Waals surface area (Å²) in [5, 5.41) is 0. The van der Waals surface area contributed by atoms with Crippen molar-refractivity contribution in [2.45, 2.75) is 19.1 Å². The minimum Gasteiger partial charge on any atom is -0.335 e. The Kier molecular flexibility index (Phi) is 3.15. The minimum absolute atomic E-state index is 0.212. The van der Waals surface area contributed by atoms with Gasteiger partial charge in [0.15, 0.2) is 0 Å². The lowest BCUT2D eigenvalue weighted by Gasteiger charge is -2.28. The molecule has 2 rings (SSSR count). The third-order valence-electron chi connectivity index (χ3n) is 3.03. The first-order chi connectivity index (χ1) is 8.41. The van der Waals surface area contributed by atoms with Gasteiger partial charge in [-0.1, -0.05) is 12.6 Å². The number of alkyl halides is 3. The molecule has 96 valence electrons. The van der Waals surface area contributed by atoms with Gasteiger partial charge in [-0.25, -0.2) is 0 Å². The smallest absolute Gasteiger partial charge is 0.335 e. The van der Waals surface area contributed by atoms with Crippen LogP contribution in [0.4, 0.5) is 13.2 Å². The lowest BCUT2D eigenvalue weighted by molar-refractivity contribution is -0.137. The fraction of sp³-hybridized carbons (Fsp3) is 0.308. The van der Waals surface area contributed by atoms with Crippen molar-refractivity contribution in [1.82, 2.24) is 4.90 Å². The standard InChI is InChI=1S/C13H12F3NO/c1-2-12(18)17-6-5-9-3-4-11(13(14,15)16)7-10(9)8-17/h2-4,7H,1,5-6,8H2. The Morgan fingerprint density at radius 3 is 2.67 bits per heavy atom. The van der Waals surface area contributed by atoms with E-state index in [-0.39, 0.29) is 12.5 Å². The molecule has 0 atom stereocenters. The van der Waals surface area contributed by atoms with Crippen molar-refractivity contribution in [2.75, 3.05) is 6.54 Å². The topological polar surface area (TPSA) is 20.3 Å². The Bertz CT molecular complexity index is 493. The molecule has 0 N–H and O–H groups in total. The minimum atomic E-state index is -4.35. The molecule has 0 saturated heterocycles. The molecule has 1 aliphatic rings. The second-order valence-corrected chi connectivity index (χ2v) is 4.20. The predicted molar refractivity (Wildman–Crippen MR) is 60.8 cm³/mol. The van der Waals surface area contributed by atoms with Crippen LogP contribution in [-0.4, -0.2) is 17.4 Å². The highest BCUT2D eigenvalue weighted by Crippen LogP contribution is 2.32. The summed E-state index contributed by atoms with van der Waals surface area (Å²) in [6, 6.07) is 3.70. The van der Waals surface area contributed by atoms with Crippen molar-refractivity contribution in [3.63, 3.8) is 0 Å². The molecular weight excluding hydrogens is 243 g/mol. The Morgan fingerprint density at radius 1 is 1.33 bits per heavy atom. The van der Waals surface area contributed by atoms with Gasteiger partial charge in [-0.2, -0.15) is 13.2 Å². The van der Waals surface area contributed by atoms with E-state index in [0.717, 1.165) is 17.7 Å². The van der Waals surface area contributed by atoms with E-state index in [4.69, 9.17) is 0 Å². The second kappa shape index (κ2) is 4.48. The maximum Gasteiger partial charge on any atom is 0.416 e. The first kappa shape index (κ1) is 12.7. The molecule has 1 heterocycles. The molecule has 0 radical (unpaired) electrons. The molecule has 0 spiro atoms. The van der Waals surface area contributed by atoms with E-state index in [0.29, 0.717) is 18.5 Å². The third-order valence-corrected chi connectivity index (χ3v) is 3.03. The van der Waals surface area contributed by atoms with Gasteiger partial charge in [-0.05, 0) is 35.8 Å². The van der Waals surface area contributed by atoms with Crippen LogP contribution in [0.25, 0.3) is 0 Å². The number of nitrogens with zero attached hydrogens (tertiary/aromatic N) is 1. The van der Waals surface area contributed by atoms with Gasteiger partial charge in [0.25, 0.3) is 0 Å². The van der Waals surface area contributed by atoms with Crippen LogP contribution in [0.1, 0.15) is 16.7 Å². The number of carbonyl (C=O) groups is 1. The van der Waals surface area contributed by atoms with Crippen LogP contribution < -0.4 is 0 Å². The average Bonchev–Trinajstić information content (AvgIpc) is 2.35. The summed E-state index contributed by atoms with van der Waals surface area (Å²) in [6.07, 6.45) is -2.59. The van der Waals surface area contributed by atoms with Gasteiger partial charge < -0.3 is 4.90 Å². The van der Waals surface area contributed by atoms with E-state index in [1.54, 1.807) is 0 Å². The van der Waals surface area contributed by atoms with Crippen molar-refractivity contribution < 1.29 is 18.0 Å². The molecule has 2 nitrogen and oxygen atoms in total. The predicted octanol–water partition coefficient (Wildman–Crippen LogP) is 2.78. The van der Waals surface area contributed by atoms with Crippen molar-refractivity contribution in [3.8, 4) is 0 Å². The van der Waals surface area contributed by atoms with E-state index in [1.807, 2.05) is 0 Å². The van der Waals surface area contributed by atoms with Crippen LogP contribution in [0, 0.1) is 0 Å².